The Labute approximate surface area is 120 Å². The first-order valence-corrected chi connectivity index (χ1v) is 6.51. The van der Waals surface area contributed by atoms with Gasteiger partial charge in [0.1, 0.15) is 5.69 Å². The molecule has 0 amide bonds. The maximum atomic E-state index is 5.38. The maximum absolute atomic E-state index is 5.38. The molecule has 0 unspecified atom stereocenters. The summed E-state index contributed by atoms with van der Waals surface area (Å²) in [7, 11) is 0. The lowest BCUT2D eigenvalue weighted by Gasteiger charge is -2.00. The van der Waals surface area contributed by atoms with Gasteiger partial charge in [0.2, 0.25) is 5.82 Å². The summed E-state index contributed by atoms with van der Waals surface area (Å²) in [5.74, 6) is 0.945. The summed E-state index contributed by atoms with van der Waals surface area (Å²) in [5, 5.41) is 4.98. The molecule has 0 aliphatic heterocycles. The molecule has 0 aliphatic carbocycles. The van der Waals surface area contributed by atoms with Crippen molar-refractivity contribution < 1.29 is 4.52 Å². The van der Waals surface area contributed by atoms with Gasteiger partial charge in [-0.3, -0.25) is 9.97 Å². The quantitative estimate of drug-likeness (QED) is 0.561. The number of hydrogen-bond donors (Lipinski definition) is 0. The van der Waals surface area contributed by atoms with Gasteiger partial charge in [-0.1, -0.05) is 29.4 Å². The zero-order chi connectivity index (χ0) is 14.1. The Balaban J connectivity index is 1.85. The number of fused-ring (bicyclic) bond motifs is 1. The predicted molar refractivity (Wildman–Crippen MR) is 78.3 cm³/mol. The molecule has 1 aromatic carbocycles. The highest BCUT2D eigenvalue weighted by molar-refractivity contribution is 5.92. The van der Waals surface area contributed by atoms with Crippen LogP contribution in [0, 0.1) is 0 Å². The SMILES string of the molecule is c1ccc(-c2noc(-c3ccnc4ccccc34)n2)nc1. The number of nitrogens with zero attached hydrogens (tertiary/aromatic N) is 4. The largest absolute Gasteiger partial charge is 0.334 e. The molecule has 0 atom stereocenters. The van der Waals surface area contributed by atoms with E-state index < -0.39 is 0 Å². The van der Waals surface area contributed by atoms with Gasteiger partial charge < -0.3 is 4.52 Å². The van der Waals surface area contributed by atoms with E-state index in [2.05, 4.69) is 20.1 Å². The summed E-state index contributed by atoms with van der Waals surface area (Å²) in [5.41, 5.74) is 2.45. The van der Waals surface area contributed by atoms with Crippen molar-refractivity contribution in [3.8, 4) is 23.0 Å². The molecule has 3 heterocycles. The average Bonchev–Trinajstić information content (AvgIpc) is 3.05. The first-order valence-electron chi connectivity index (χ1n) is 6.51. The van der Waals surface area contributed by atoms with Crippen LogP contribution in [0.5, 0.6) is 0 Å². The zero-order valence-corrected chi connectivity index (χ0v) is 11.0. The van der Waals surface area contributed by atoms with Crippen LogP contribution in [0.3, 0.4) is 0 Å². The summed E-state index contributed by atoms with van der Waals surface area (Å²) in [6.45, 7) is 0. The van der Waals surface area contributed by atoms with E-state index in [1.807, 2.05) is 48.5 Å². The van der Waals surface area contributed by atoms with Crippen molar-refractivity contribution in [2.24, 2.45) is 0 Å². The Morgan fingerprint density at radius 1 is 0.810 bits per heavy atom. The highest BCUT2D eigenvalue weighted by Gasteiger charge is 2.13. The van der Waals surface area contributed by atoms with Gasteiger partial charge in [0.15, 0.2) is 0 Å². The molecular formula is C16H10N4O. The molecule has 5 heteroatoms. The molecule has 3 aromatic heterocycles. The molecule has 0 saturated carbocycles. The van der Waals surface area contributed by atoms with Crippen molar-refractivity contribution in [3.63, 3.8) is 0 Å². The molecule has 0 saturated heterocycles. The van der Waals surface area contributed by atoms with Gasteiger partial charge >= 0.3 is 0 Å². The van der Waals surface area contributed by atoms with Gasteiger partial charge in [0.25, 0.3) is 5.89 Å². The summed E-state index contributed by atoms with van der Waals surface area (Å²) >= 11 is 0. The summed E-state index contributed by atoms with van der Waals surface area (Å²) in [6, 6.07) is 15.3. The summed E-state index contributed by atoms with van der Waals surface area (Å²) in [4.78, 5) is 13.0. The van der Waals surface area contributed by atoms with Gasteiger partial charge in [-0.05, 0) is 24.3 Å². The van der Waals surface area contributed by atoms with E-state index in [0.717, 1.165) is 16.5 Å². The Morgan fingerprint density at radius 3 is 2.62 bits per heavy atom. The Kier molecular flexibility index (Phi) is 2.67. The Bertz CT molecular complexity index is 897. The van der Waals surface area contributed by atoms with E-state index in [1.54, 1.807) is 12.4 Å². The van der Waals surface area contributed by atoms with E-state index >= 15 is 0 Å². The fourth-order valence-corrected chi connectivity index (χ4v) is 2.21. The lowest BCUT2D eigenvalue weighted by Crippen LogP contribution is -1.86. The smallest absolute Gasteiger partial charge is 0.259 e. The molecule has 0 fully saturated rings. The molecule has 0 radical (unpaired) electrons. The third kappa shape index (κ3) is 2.04. The summed E-state index contributed by atoms with van der Waals surface area (Å²) < 4.78 is 5.38. The third-order valence-corrected chi connectivity index (χ3v) is 3.20. The minimum atomic E-state index is 0.467. The Morgan fingerprint density at radius 2 is 1.71 bits per heavy atom. The monoisotopic (exact) mass is 274 g/mol. The van der Waals surface area contributed by atoms with Gasteiger partial charge in [-0.15, -0.1) is 0 Å². The highest BCUT2D eigenvalue weighted by atomic mass is 16.5. The first kappa shape index (κ1) is 11.7. The van der Waals surface area contributed by atoms with Crippen molar-refractivity contribution in [2.75, 3.05) is 0 Å². The van der Waals surface area contributed by atoms with Gasteiger partial charge in [-0.25, -0.2) is 0 Å². The van der Waals surface area contributed by atoms with Crippen LogP contribution in [0.25, 0.3) is 33.9 Å². The second kappa shape index (κ2) is 4.79. The number of para-hydroxylation sites is 1. The van der Waals surface area contributed by atoms with Crippen molar-refractivity contribution in [3.05, 3.63) is 60.9 Å². The van der Waals surface area contributed by atoms with Crippen molar-refractivity contribution in [1.82, 2.24) is 20.1 Å². The van der Waals surface area contributed by atoms with Crippen LogP contribution >= 0.6 is 0 Å². The lowest BCUT2D eigenvalue weighted by atomic mass is 10.1. The molecule has 0 N–H and O–H groups in total. The van der Waals surface area contributed by atoms with E-state index in [-0.39, 0.29) is 0 Å². The van der Waals surface area contributed by atoms with Gasteiger partial charge in [-0.2, -0.15) is 4.98 Å². The molecular weight excluding hydrogens is 264 g/mol. The second-order valence-corrected chi connectivity index (χ2v) is 4.51. The van der Waals surface area contributed by atoms with Crippen LogP contribution in [-0.4, -0.2) is 20.1 Å². The highest BCUT2D eigenvalue weighted by Crippen LogP contribution is 2.27. The van der Waals surface area contributed by atoms with Crippen LogP contribution < -0.4 is 0 Å². The molecule has 0 spiro atoms. The average molecular weight is 274 g/mol. The normalized spacial score (nSPS) is 10.9. The van der Waals surface area contributed by atoms with Crippen LogP contribution in [-0.2, 0) is 0 Å². The minimum Gasteiger partial charge on any atom is -0.334 e. The van der Waals surface area contributed by atoms with Crippen LogP contribution in [0.2, 0.25) is 0 Å². The topological polar surface area (TPSA) is 64.7 Å². The van der Waals surface area contributed by atoms with E-state index in [1.165, 1.54) is 0 Å². The van der Waals surface area contributed by atoms with E-state index in [4.69, 9.17) is 4.52 Å². The second-order valence-electron chi connectivity index (χ2n) is 4.51. The van der Waals surface area contributed by atoms with E-state index in [0.29, 0.717) is 17.4 Å². The standard InChI is InChI=1S/C16H10N4O/c1-2-6-13-11(5-1)12(8-10-18-13)16-19-15(20-21-16)14-7-3-4-9-17-14/h1-10H. The third-order valence-electron chi connectivity index (χ3n) is 3.20. The lowest BCUT2D eigenvalue weighted by molar-refractivity contribution is 0.432. The molecule has 4 aromatic rings. The minimum absolute atomic E-state index is 0.467. The number of hydrogen-bond acceptors (Lipinski definition) is 5. The van der Waals surface area contributed by atoms with Crippen molar-refractivity contribution >= 4 is 10.9 Å². The number of pyridine rings is 2. The summed E-state index contributed by atoms with van der Waals surface area (Å²) in [6.07, 6.45) is 3.44. The number of rotatable bonds is 2. The molecule has 0 bridgehead atoms. The number of aromatic nitrogens is 4. The molecule has 4 rings (SSSR count). The molecule has 21 heavy (non-hydrogen) atoms. The molecule has 0 aliphatic rings. The zero-order valence-electron chi connectivity index (χ0n) is 11.0. The Hall–Kier alpha value is -3.08. The fraction of sp³-hybridized carbons (Fsp3) is 0. The van der Waals surface area contributed by atoms with Crippen LogP contribution in [0.15, 0.2) is 65.4 Å². The van der Waals surface area contributed by atoms with E-state index in [9.17, 15) is 0 Å². The molecule has 5 nitrogen and oxygen atoms in total. The first-order chi connectivity index (χ1) is 10.4. The molecule has 100 valence electrons. The predicted octanol–water partition coefficient (Wildman–Crippen LogP) is 3.35. The van der Waals surface area contributed by atoms with Crippen LogP contribution in [0.1, 0.15) is 0 Å². The number of benzene rings is 1. The van der Waals surface area contributed by atoms with Gasteiger partial charge in [0.05, 0.1) is 11.1 Å². The fourth-order valence-electron chi connectivity index (χ4n) is 2.21. The van der Waals surface area contributed by atoms with Crippen molar-refractivity contribution in [1.29, 1.82) is 0 Å². The van der Waals surface area contributed by atoms with Crippen LogP contribution in [0.4, 0.5) is 0 Å². The maximum Gasteiger partial charge on any atom is 0.259 e. The van der Waals surface area contributed by atoms with Crippen molar-refractivity contribution in [2.45, 2.75) is 0 Å². The van der Waals surface area contributed by atoms with Gasteiger partial charge in [0, 0.05) is 17.8 Å².